The molecule has 0 heterocycles. The van der Waals surface area contributed by atoms with E-state index in [0.717, 1.165) is 0 Å². The van der Waals surface area contributed by atoms with Gasteiger partial charge in [0.2, 0.25) is 5.91 Å². The SMILES string of the molecule is CCOC(=O)CCNC(=O)CCNC(C)C. The van der Waals surface area contributed by atoms with Crippen LogP contribution in [0.4, 0.5) is 0 Å². The van der Waals surface area contributed by atoms with Gasteiger partial charge in [0.1, 0.15) is 0 Å². The van der Waals surface area contributed by atoms with Gasteiger partial charge in [0.05, 0.1) is 13.0 Å². The molecule has 0 spiro atoms. The Kier molecular flexibility index (Phi) is 8.52. The fraction of sp³-hybridized carbons (Fsp3) is 0.818. The molecular formula is C11H22N2O3. The smallest absolute Gasteiger partial charge is 0.307 e. The van der Waals surface area contributed by atoms with Crippen LogP contribution in [0.1, 0.15) is 33.6 Å². The molecule has 94 valence electrons. The van der Waals surface area contributed by atoms with E-state index in [-0.39, 0.29) is 18.3 Å². The van der Waals surface area contributed by atoms with Crippen LogP contribution in [0, 0.1) is 0 Å². The van der Waals surface area contributed by atoms with E-state index in [1.165, 1.54) is 0 Å². The minimum atomic E-state index is -0.275. The summed E-state index contributed by atoms with van der Waals surface area (Å²) in [6.45, 7) is 7.19. The molecule has 0 aliphatic rings. The molecule has 0 radical (unpaired) electrons. The third-order valence-electron chi connectivity index (χ3n) is 1.86. The lowest BCUT2D eigenvalue weighted by Crippen LogP contribution is -2.31. The molecule has 0 unspecified atom stereocenters. The molecule has 0 fully saturated rings. The summed E-state index contributed by atoms with van der Waals surface area (Å²) in [6.07, 6.45) is 0.665. The van der Waals surface area contributed by atoms with Crippen molar-refractivity contribution < 1.29 is 14.3 Å². The van der Waals surface area contributed by atoms with Crippen molar-refractivity contribution in [3.05, 3.63) is 0 Å². The van der Waals surface area contributed by atoms with Crippen LogP contribution in [0.5, 0.6) is 0 Å². The van der Waals surface area contributed by atoms with Gasteiger partial charge in [-0.15, -0.1) is 0 Å². The van der Waals surface area contributed by atoms with E-state index >= 15 is 0 Å². The van der Waals surface area contributed by atoms with Crippen molar-refractivity contribution in [1.29, 1.82) is 0 Å². The van der Waals surface area contributed by atoms with Gasteiger partial charge < -0.3 is 15.4 Å². The van der Waals surface area contributed by atoms with E-state index in [4.69, 9.17) is 4.74 Å². The second-order valence-corrected chi connectivity index (χ2v) is 3.76. The van der Waals surface area contributed by atoms with Crippen molar-refractivity contribution in [2.75, 3.05) is 19.7 Å². The van der Waals surface area contributed by atoms with Crippen LogP contribution >= 0.6 is 0 Å². The van der Waals surface area contributed by atoms with Crippen LogP contribution in [-0.2, 0) is 14.3 Å². The Morgan fingerprint density at radius 2 is 1.88 bits per heavy atom. The molecule has 5 heteroatoms. The highest BCUT2D eigenvalue weighted by molar-refractivity contribution is 5.77. The number of hydrogen-bond donors (Lipinski definition) is 2. The molecule has 0 atom stereocenters. The summed E-state index contributed by atoms with van der Waals surface area (Å²) in [5.74, 6) is -0.319. The number of amides is 1. The number of carbonyl (C=O) groups excluding carboxylic acids is 2. The topological polar surface area (TPSA) is 67.4 Å². The summed E-state index contributed by atoms with van der Waals surface area (Å²) in [6, 6.07) is 0.382. The minimum Gasteiger partial charge on any atom is -0.466 e. The van der Waals surface area contributed by atoms with Crippen LogP contribution < -0.4 is 10.6 Å². The first-order chi connectivity index (χ1) is 7.56. The lowest BCUT2D eigenvalue weighted by molar-refractivity contribution is -0.143. The molecule has 5 nitrogen and oxygen atoms in total. The molecule has 0 aliphatic carbocycles. The number of hydrogen-bond acceptors (Lipinski definition) is 4. The summed E-state index contributed by atoms with van der Waals surface area (Å²) < 4.78 is 4.73. The summed E-state index contributed by atoms with van der Waals surface area (Å²) >= 11 is 0. The average molecular weight is 230 g/mol. The summed E-state index contributed by atoms with van der Waals surface area (Å²) in [5.41, 5.74) is 0. The zero-order valence-electron chi connectivity index (χ0n) is 10.3. The first-order valence-electron chi connectivity index (χ1n) is 5.72. The van der Waals surface area contributed by atoms with E-state index in [9.17, 15) is 9.59 Å². The Bertz CT molecular complexity index is 217. The minimum absolute atomic E-state index is 0.0440. The largest absolute Gasteiger partial charge is 0.466 e. The lowest BCUT2D eigenvalue weighted by Gasteiger charge is -2.08. The summed E-state index contributed by atoms with van der Waals surface area (Å²) in [5, 5.41) is 5.81. The molecule has 2 N–H and O–H groups in total. The van der Waals surface area contributed by atoms with Crippen molar-refractivity contribution in [3.8, 4) is 0 Å². The van der Waals surface area contributed by atoms with Gasteiger partial charge in [0, 0.05) is 25.6 Å². The standard InChI is InChI=1S/C11H22N2O3/c1-4-16-11(15)6-8-13-10(14)5-7-12-9(2)3/h9,12H,4-8H2,1-3H3,(H,13,14). The quantitative estimate of drug-likeness (QED) is 0.594. The first kappa shape index (κ1) is 14.9. The molecule has 0 saturated heterocycles. The van der Waals surface area contributed by atoms with Gasteiger partial charge in [-0.25, -0.2) is 0 Å². The van der Waals surface area contributed by atoms with E-state index < -0.39 is 0 Å². The molecule has 0 rings (SSSR count). The monoisotopic (exact) mass is 230 g/mol. The zero-order valence-corrected chi connectivity index (χ0v) is 10.3. The molecule has 0 aromatic heterocycles. The average Bonchev–Trinajstić information content (AvgIpc) is 2.17. The Balaban J connectivity index is 3.40. The van der Waals surface area contributed by atoms with Gasteiger partial charge in [0.15, 0.2) is 0 Å². The zero-order chi connectivity index (χ0) is 12.4. The van der Waals surface area contributed by atoms with Crippen LogP contribution in [0.15, 0.2) is 0 Å². The number of carbonyl (C=O) groups is 2. The van der Waals surface area contributed by atoms with Crippen molar-refractivity contribution in [2.24, 2.45) is 0 Å². The number of esters is 1. The van der Waals surface area contributed by atoms with E-state index in [1.807, 2.05) is 13.8 Å². The third kappa shape index (κ3) is 9.45. The Morgan fingerprint density at radius 1 is 1.19 bits per heavy atom. The van der Waals surface area contributed by atoms with Gasteiger partial charge in [-0.05, 0) is 6.92 Å². The van der Waals surface area contributed by atoms with Gasteiger partial charge in [-0.2, -0.15) is 0 Å². The Morgan fingerprint density at radius 3 is 2.44 bits per heavy atom. The molecule has 1 amide bonds. The highest BCUT2D eigenvalue weighted by Gasteiger charge is 2.04. The Labute approximate surface area is 96.9 Å². The molecule has 0 aromatic carbocycles. The predicted molar refractivity (Wildman–Crippen MR) is 62.0 cm³/mol. The maximum Gasteiger partial charge on any atom is 0.307 e. The number of nitrogens with one attached hydrogen (secondary N) is 2. The highest BCUT2D eigenvalue weighted by atomic mass is 16.5. The van der Waals surface area contributed by atoms with Crippen LogP contribution in [0.25, 0.3) is 0 Å². The van der Waals surface area contributed by atoms with Crippen LogP contribution in [0.3, 0.4) is 0 Å². The van der Waals surface area contributed by atoms with Crippen molar-refractivity contribution in [1.82, 2.24) is 10.6 Å². The molecule has 0 saturated carbocycles. The van der Waals surface area contributed by atoms with Crippen LogP contribution in [0.2, 0.25) is 0 Å². The lowest BCUT2D eigenvalue weighted by atomic mass is 10.3. The second-order valence-electron chi connectivity index (χ2n) is 3.76. The first-order valence-corrected chi connectivity index (χ1v) is 5.72. The maximum atomic E-state index is 11.3. The Hall–Kier alpha value is -1.10. The summed E-state index contributed by atoms with van der Waals surface area (Å²) in [7, 11) is 0. The number of ether oxygens (including phenoxy) is 1. The molecular weight excluding hydrogens is 208 g/mol. The highest BCUT2D eigenvalue weighted by Crippen LogP contribution is 1.86. The van der Waals surface area contributed by atoms with Crippen LogP contribution in [-0.4, -0.2) is 37.6 Å². The van der Waals surface area contributed by atoms with Crippen molar-refractivity contribution in [3.63, 3.8) is 0 Å². The number of rotatable bonds is 8. The maximum absolute atomic E-state index is 11.3. The van der Waals surface area contributed by atoms with Crippen molar-refractivity contribution >= 4 is 11.9 Å². The summed E-state index contributed by atoms with van der Waals surface area (Å²) in [4.78, 5) is 22.2. The van der Waals surface area contributed by atoms with E-state index in [1.54, 1.807) is 6.92 Å². The van der Waals surface area contributed by atoms with Gasteiger partial charge in [0.25, 0.3) is 0 Å². The van der Waals surface area contributed by atoms with Gasteiger partial charge in [-0.1, -0.05) is 13.8 Å². The predicted octanol–water partition coefficient (Wildman–Crippen LogP) is 0.444. The van der Waals surface area contributed by atoms with Crippen molar-refractivity contribution in [2.45, 2.75) is 39.7 Å². The fourth-order valence-corrected chi connectivity index (χ4v) is 1.10. The van der Waals surface area contributed by atoms with E-state index in [0.29, 0.717) is 32.2 Å². The second kappa shape index (κ2) is 9.15. The normalized spacial score (nSPS) is 10.2. The molecule has 0 bridgehead atoms. The third-order valence-corrected chi connectivity index (χ3v) is 1.86. The van der Waals surface area contributed by atoms with Gasteiger partial charge in [-0.3, -0.25) is 9.59 Å². The molecule has 16 heavy (non-hydrogen) atoms. The van der Waals surface area contributed by atoms with E-state index in [2.05, 4.69) is 10.6 Å². The fourth-order valence-electron chi connectivity index (χ4n) is 1.10. The van der Waals surface area contributed by atoms with Gasteiger partial charge >= 0.3 is 5.97 Å². The molecule has 0 aliphatic heterocycles. The molecule has 0 aromatic rings.